The molecule has 8 nitrogen and oxygen atoms in total. The van der Waals surface area contributed by atoms with Crippen LogP contribution in [0.5, 0.6) is 0 Å². The minimum Gasteiger partial charge on any atom is -0.352 e. The van der Waals surface area contributed by atoms with Crippen LogP contribution < -0.4 is 8.97 Å². The first-order chi connectivity index (χ1) is 25.2. The molecular formula is C38H28F8N6O2+2. The number of hydrogen-bond acceptors (Lipinski definition) is 4. The summed E-state index contributed by atoms with van der Waals surface area (Å²) in [4.78, 5) is 41.3. The van der Waals surface area contributed by atoms with Crippen LogP contribution in [0.25, 0.3) is 11.1 Å². The highest BCUT2D eigenvalue weighted by atomic mass is 19.2. The van der Waals surface area contributed by atoms with Crippen LogP contribution in [0, 0.1) is 46.5 Å². The second-order valence-electron chi connectivity index (χ2n) is 14.4. The van der Waals surface area contributed by atoms with Crippen molar-refractivity contribution in [1.82, 2.24) is 18.9 Å². The highest BCUT2D eigenvalue weighted by Gasteiger charge is 2.39. The molecule has 4 aromatic rings. The Morgan fingerprint density at radius 1 is 0.444 bits per heavy atom. The van der Waals surface area contributed by atoms with Gasteiger partial charge in [-0.05, 0) is 48.6 Å². The lowest BCUT2D eigenvalue weighted by Gasteiger charge is -2.25. The predicted molar refractivity (Wildman–Crippen MR) is 187 cm³/mol. The fourth-order valence-electron chi connectivity index (χ4n) is 6.54. The molecule has 2 aromatic heterocycles. The Balaban J connectivity index is 1.49. The molecule has 0 spiro atoms. The summed E-state index contributed by atoms with van der Waals surface area (Å²) in [5.41, 5.74) is -7.61. The normalized spacial score (nSPS) is 16.0. The summed E-state index contributed by atoms with van der Waals surface area (Å²) in [7, 11) is 7.84. The Hall–Kier alpha value is -6.00. The molecule has 0 fully saturated rings. The third kappa shape index (κ3) is 5.51. The summed E-state index contributed by atoms with van der Waals surface area (Å²) in [5.74, 6) is -15.5. The van der Waals surface area contributed by atoms with E-state index in [0.717, 1.165) is 24.3 Å². The number of halogens is 8. The number of aliphatic imine (C=N–C) groups is 2. The predicted octanol–water partition coefficient (Wildman–Crippen LogP) is 7.47. The van der Waals surface area contributed by atoms with E-state index in [1.807, 2.05) is 0 Å². The number of benzene rings is 2. The molecule has 2 aromatic carbocycles. The van der Waals surface area contributed by atoms with E-state index in [1.54, 1.807) is 0 Å². The van der Waals surface area contributed by atoms with Crippen molar-refractivity contribution < 1.29 is 44.7 Å². The van der Waals surface area contributed by atoms with Crippen LogP contribution in [0.2, 0.25) is 0 Å². The van der Waals surface area contributed by atoms with E-state index in [9.17, 15) is 9.59 Å². The molecule has 8 bridgehead atoms. The lowest BCUT2D eigenvalue weighted by Crippen LogP contribution is -2.37. The number of hydrogen-bond donors (Lipinski definition) is 2. The van der Waals surface area contributed by atoms with E-state index in [0.29, 0.717) is 0 Å². The third-order valence-electron chi connectivity index (χ3n) is 8.98. The summed E-state index contributed by atoms with van der Waals surface area (Å²) in [6, 6.07) is 4.72. The van der Waals surface area contributed by atoms with Crippen LogP contribution in [0.4, 0.5) is 46.5 Å². The number of nitrogens with one attached hydrogen (secondary N) is 2. The first-order valence-corrected chi connectivity index (χ1v) is 16.1. The molecule has 54 heavy (non-hydrogen) atoms. The first kappa shape index (κ1) is 36.4. The number of nitrogens with zero attached hydrogens (tertiary/aromatic N) is 4. The van der Waals surface area contributed by atoms with Crippen LogP contribution >= 0.6 is 0 Å². The molecule has 0 saturated heterocycles. The zero-order valence-electron chi connectivity index (χ0n) is 29.2. The van der Waals surface area contributed by atoms with Crippen LogP contribution in [-0.4, -0.2) is 75.2 Å². The monoisotopic (exact) mass is 752 g/mol. The molecule has 0 saturated carbocycles. The van der Waals surface area contributed by atoms with Gasteiger partial charge in [-0.15, -0.1) is 0 Å². The maximum Gasteiger partial charge on any atom is 0.227 e. The molecular weight excluding hydrogens is 724 g/mol. The molecule has 0 atom stereocenters. The Morgan fingerprint density at radius 3 is 1.04 bits per heavy atom. The number of rotatable bonds is 4. The number of fused-ring (bicyclic) bond motifs is 6. The number of ketones is 2. The zero-order valence-corrected chi connectivity index (χ0v) is 29.2. The van der Waals surface area contributed by atoms with Gasteiger partial charge in [0, 0.05) is 22.5 Å². The fourth-order valence-corrected chi connectivity index (χ4v) is 6.54. The highest BCUT2D eigenvalue weighted by molar-refractivity contribution is 6.51. The first-order valence-electron chi connectivity index (χ1n) is 16.1. The van der Waals surface area contributed by atoms with Gasteiger partial charge in [0.1, 0.15) is 11.4 Å². The van der Waals surface area contributed by atoms with Gasteiger partial charge in [0.05, 0.1) is 76.2 Å². The zero-order chi connectivity index (χ0) is 39.3. The van der Waals surface area contributed by atoms with Gasteiger partial charge in [0.2, 0.25) is 46.2 Å². The van der Waals surface area contributed by atoms with Gasteiger partial charge in [-0.2, -0.15) is 17.6 Å². The standard InChI is InChI=1S/C38H26F8N6O2/c1-51(2,3)35-31(43)27(39)25(28(40)32(35)44)23-15-7-11-19(47-15)37(53)21-13-9-17(49-21)24(18-10-14-22(50-18)38(54)20-12-8-16(23)48-20)26-29(41)33(45)36(52(4,5)6)34(46)30(26)42/h7-14H,1-6H3/p+2. The molecule has 7 rings (SSSR count). The van der Waals surface area contributed by atoms with Crippen molar-refractivity contribution in [3.63, 3.8) is 0 Å². The van der Waals surface area contributed by atoms with Crippen LogP contribution in [0.3, 0.4) is 0 Å². The number of aromatic amines is 2. The SMILES string of the molecule is C[N+](C)(C)c1c(F)c(F)c(C2=C3C=CC(=N3)C(=O)c3ccc([nH]3)C(c3c(F)c(F)c([N+](C)(C)C)c(F)c3F)=C3C=CC(=N3)C(=O)c3ccc2[nH]3)c(F)c1F. The molecule has 16 heteroatoms. The van der Waals surface area contributed by atoms with Crippen molar-refractivity contribution in [3.8, 4) is 0 Å². The Kier molecular flexibility index (Phi) is 8.27. The molecule has 3 aliphatic heterocycles. The number of carbonyl (C=O) groups excluding carboxylic acids is 2. The van der Waals surface area contributed by atoms with Gasteiger partial charge in [-0.25, -0.2) is 27.5 Å². The Bertz CT molecular complexity index is 2350. The fraction of sp³-hybridized carbons (Fsp3) is 0.158. The minimum atomic E-state index is -1.76. The minimum absolute atomic E-state index is 0.245. The number of Topliss-reactive ketones (excluding diaryl/α,β-unsaturated/α-hetero) is 2. The maximum atomic E-state index is 15.9. The quantitative estimate of drug-likeness (QED) is 0.129. The van der Waals surface area contributed by atoms with Crippen molar-refractivity contribution in [3.05, 3.63) is 140 Å². The number of aromatic nitrogens is 2. The van der Waals surface area contributed by atoms with Gasteiger partial charge in [-0.1, -0.05) is 0 Å². The van der Waals surface area contributed by atoms with Crippen LogP contribution in [0.1, 0.15) is 43.5 Å². The van der Waals surface area contributed by atoms with E-state index >= 15 is 35.1 Å². The molecule has 276 valence electrons. The van der Waals surface area contributed by atoms with E-state index in [2.05, 4.69) is 20.0 Å². The summed E-state index contributed by atoms with van der Waals surface area (Å²) in [5, 5.41) is 0. The molecule has 0 aliphatic carbocycles. The highest BCUT2D eigenvalue weighted by Crippen LogP contribution is 2.42. The van der Waals surface area contributed by atoms with Crippen molar-refractivity contribution in [2.45, 2.75) is 0 Å². The van der Waals surface area contributed by atoms with Crippen LogP contribution in [-0.2, 0) is 0 Å². The largest absolute Gasteiger partial charge is 0.352 e. The van der Waals surface area contributed by atoms with E-state index in [1.165, 1.54) is 66.6 Å². The number of allylic oxidation sites excluding steroid dienone is 4. The molecule has 0 radical (unpaired) electrons. The third-order valence-corrected chi connectivity index (χ3v) is 8.98. The summed E-state index contributed by atoms with van der Waals surface area (Å²) >= 11 is 0. The average molecular weight is 753 g/mol. The Morgan fingerprint density at radius 2 is 0.741 bits per heavy atom. The number of H-pyrrole nitrogens is 2. The van der Waals surface area contributed by atoms with Crippen LogP contribution in [0.15, 0.2) is 69.9 Å². The number of carbonyl (C=O) groups is 2. The van der Waals surface area contributed by atoms with Gasteiger partial charge in [0.15, 0.2) is 23.3 Å². The summed E-state index contributed by atoms with van der Waals surface area (Å²) in [6.45, 7) is 0. The topological polar surface area (TPSA) is 90.4 Å². The Labute approximate surface area is 301 Å². The molecule has 3 aliphatic rings. The smallest absolute Gasteiger partial charge is 0.227 e. The molecule has 2 N–H and O–H groups in total. The van der Waals surface area contributed by atoms with Crippen molar-refractivity contribution in [2.75, 3.05) is 42.3 Å². The summed E-state index contributed by atoms with van der Waals surface area (Å²) in [6.07, 6.45) is 4.61. The second kappa shape index (κ2) is 12.3. The van der Waals surface area contributed by atoms with Gasteiger partial charge < -0.3 is 9.97 Å². The average Bonchev–Trinajstić information content (AvgIpc) is 3.92. The lowest BCUT2D eigenvalue weighted by molar-refractivity contribution is 0.105. The molecule has 0 unspecified atom stereocenters. The second-order valence-corrected chi connectivity index (χ2v) is 14.4. The van der Waals surface area contributed by atoms with Crippen molar-refractivity contribution in [1.29, 1.82) is 0 Å². The van der Waals surface area contributed by atoms with E-state index < -0.39 is 101 Å². The van der Waals surface area contributed by atoms with Gasteiger partial charge in [0.25, 0.3) is 0 Å². The van der Waals surface area contributed by atoms with E-state index in [4.69, 9.17) is 0 Å². The summed E-state index contributed by atoms with van der Waals surface area (Å²) < 4.78 is 125. The molecule has 0 amide bonds. The van der Waals surface area contributed by atoms with E-state index in [-0.39, 0.29) is 45.6 Å². The van der Waals surface area contributed by atoms with Gasteiger partial charge in [-0.3, -0.25) is 18.6 Å². The maximum absolute atomic E-state index is 15.9. The van der Waals surface area contributed by atoms with Crippen molar-refractivity contribution in [2.24, 2.45) is 9.98 Å². The van der Waals surface area contributed by atoms with Gasteiger partial charge >= 0.3 is 0 Å². The molecule has 5 heterocycles. The number of quaternary nitrogens is 2. The van der Waals surface area contributed by atoms with Crippen molar-refractivity contribution >= 4 is 45.5 Å². The lowest BCUT2D eigenvalue weighted by atomic mass is 9.97.